The SMILES string of the molecule is CC1CN(C(=O)c2cc(F)cc(Br)c2)CC1N. The second-order valence-electron chi connectivity index (χ2n) is 4.51. The maximum atomic E-state index is 13.2. The lowest BCUT2D eigenvalue weighted by Crippen LogP contribution is -2.32. The number of nitrogens with two attached hydrogens (primary N) is 1. The molecule has 3 nitrogen and oxygen atoms in total. The first-order valence-corrected chi connectivity index (χ1v) is 6.27. The Morgan fingerprint density at radius 1 is 1.47 bits per heavy atom. The van der Waals surface area contributed by atoms with Crippen LogP contribution in [0.2, 0.25) is 0 Å². The first-order valence-electron chi connectivity index (χ1n) is 5.48. The standard InChI is InChI=1S/C12H14BrFN2O/c1-7-5-16(6-11(7)15)12(17)8-2-9(13)4-10(14)3-8/h2-4,7,11H,5-6,15H2,1H3. The molecule has 2 atom stereocenters. The molecule has 1 amide bonds. The second-order valence-corrected chi connectivity index (χ2v) is 5.43. The van der Waals surface area contributed by atoms with E-state index in [-0.39, 0.29) is 17.9 Å². The summed E-state index contributed by atoms with van der Waals surface area (Å²) in [4.78, 5) is 13.8. The van der Waals surface area contributed by atoms with Crippen LogP contribution in [-0.4, -0.2) is 29.9 Å². The number of nitrogens with zero attached hydrogens (tertiary/aromatic N) is 1. The molecule has 17 heavy (non-hydrogen) atoms. The summed E-state index contributed by atoms with van der Waals surface area (Å²) < 4.78 is 13.8. The zero-order chi connectivity index (χ0) is 12.6. The summed E-state index contributed by atoms with van der Waals surface area (Å²) in [6.45, 7) is 3.18. The van der Waals surface area contributed by atoms with Crippen LogP contribution in [0.15, 0.2) is 22.7 Å². The quantitative estimate of drug-likeness (QED) is 0.862. The van der Waals surface area contributed by atoms with Gasteiger partial charge in [-0.1, -0.05) is 22.9 Å². The Hall–Kier alpha value is -0.940. The van der Waals surface area contributed by atoms with Gasteiger partial charge in [-0.2, -0.15) is 0 Å². The van der Waals surface area contributed by atoms with E-state index < -0.39 is 5.82 Å². The summed E-state index contributed by atoms with van der Waals surface area (Å²) >= 11 is 3.18. The second kappa shape index (κ2) is 4.74. The lowest BCUT2D eigenvalue weighted by Gasteiger charge is -2.16. The van der Waals surface area contributed by atoms with Crippen LogP contribution in [-0.2, 0) is 0 Å². The maximum absolute atomic E-state index is 13.2. The van der Waals surface area contributed by atoms with Gasteiger partial charge in [-0.15, -0.1) is 0 Å². The normalized spacial score (nSPS) is 24.1. The zero-order valence-electron chi connectivity index (χ0n) is 9.49. The van der Waals surface area contributed by atoms with Crippen LogP contribution in [0.5, 0.6) is 0 Å². The van der Waals surface area contributed by atoms with E-state index in [1.807, 2.05) is 6.92 Å². The van der Waals surface area contributed by atoms with Crippen molar-refractivity contribution < 1.29 is 9.18 Å². The molecule has 1 aromatic carbocycles. The van der Waals surface area contributed by atoms with E-state index in [0.29, 0.717) is 23.1 Å². The monoisotopic (exact) mass is 300 g/mol. The van der Waals surface area contributed by atoms with Crippen LogP contribution in [0.25, 0.3) is 0 Å². The van der Waals surface area contributed by atoms with Crippen molar-refractivity contribution >= 4 is 21.8 Å². The molecule has 1 saturated heterocycles. The lowest BCUT2D eigenvalue weighted by molar-refractivity contribution is 0.0786. The summed E-state index contributed by atoms with van der Waals surface area (Å²) in [5.41, 5.74) is 6.23. The number of benzene rings is 1. The smallest absolute Gasteiger partial charge is 0.254 e. The number of rotatable bonds is 1. The Kier molecular flexibility index (Phi) is 3.49. The first-order chi connectivity index (χ1) is 7.97. The van der Waals surface area contributed by atoms with E-state index in [1.54, 1.807) is 11.0 Å². The van der Waals surface area contributed by atoms with Gasteiger partial charge in [0.2, 0.25) is 0 Å². The Balaban J connectivity index is 2.20. The Morgan fingerprint density at radius 2 is 2.18 bits per heavy atom. The van der Waals surface area contributed by atoms with E-state index >= 15 is 0 Å². The molecule has 2 N–H and O–H groups in total. The third-order valence-corrected chi connectivity index (χ3v) is 3.53. The number of amides is 1. The highest BCUT2D eigenvalue weighted by Gasteiger charge is 2.30. The molecule has 0 aromatic heterocycles. The van der Waals surface area contributed by atoms with Gasteiger partial charge in [-0.3, -0.25) is 4.79 Å². The number of hydrogen-bond acceptors (Lipinski definition) is 2. The van der Waals surface area contributed by atoms with Crippen LogP contribution in [0.4, 0.5) is 4.39 Å². The largest absolute Gasteiger partial charge is 0.337 e. The Bertz CT molecular complexity index is 422. The molecule has 1 heterocycles. The van der Waals surface area contributed by atoms with Crippen molar-refractivity contribution in [3.05, 3.63) is 34.1 Å². The zero-order valence-corrected chi connectivity index (χ0v) is 11.1. The minimum absolute atomic E-state index is 0.0101. The predicted molar refractivity (Wildman–Crippen MR) is 67.1 cm³/mol. The van der Waals surface area contributed by atoms with E-state index in [9.17, 15) is 9.18 Å². The molecular weight excluding hydrogens is 287 g/mol. The molecule has 1 aromatic rings. The maximum Gasteiger partial charge on any atom is 0.254 e. The van der Waals surface area contributed by atoms with Crippen LogP contribution < -0.4 is 5.73 Å². The molecule has 0 aliphatic carbocycles. The lowest BCUT2D eigenvalue weighted by atomic mass is 10.1. The highest BCUT2D eigenvalue weighted by molar-refractivity contribution is 9.10. The fourth-order valence-corrected chi connectivity index (χ4v) is 2.48. The molecule has 0 bridgehead atoms. The fourth-order valence-electron chi connectivity index (χ4n) is 2.02. The van der Waals surface area contributed by atoms with Crippen molar-refractivity contribution in [1.82, 2.24) is 4.90 Å². The van der Waals surface area contributed by atoms with E-state index in [2.05, 4.69) is 15.9 Å². The highest BCUT2D eigenvalue weighted by Crippen LogP contribution is 2.20. The van der Waals surface area contributed by atoms with E-state index in [0.717, 1.165) is 0 Å². The average molecular weight is 301 g/mol. The summed E-state index contributed by atoms with van der Waals surface area (Å²) in [5.74, 6) is -0.291. The van der Waals surface area contributed by atoms with Crippen LogP contribution in [0.3, 0.4) is 0 Å². The molecule has 1 fully saturated rings. The third-order valence-electron chi connectivity index (χ3n) is 3.07. The topological polar surface area (TPSA) is 46.3 Å². The van der Waals surface area contributed by atoms with Crippen molar-refractivity contribution in [3.63, 3.8) is 0 Å². The minimum atomic E-state index is -0.417. The van der Waals surface area contributed by atoms with E-state index in [4.69, 9.17) is 5.73 Å². The van der Waals surface area contributed by atoms with Crippen molar-refractivity contribution in [2.45, 2.75) is 13.0 Å². The minimum Gasteiger partial charge on any atom is -0.337 e. The van der Waals surface area contributed by atoms with Gasteiger partial charge < -0.3 is 10.6 Å². The van der Waals surface area contributed by atoms with Gasteiger partial charge in [0, 0.05) is 29.2 Å². The van der Waals surface area contributed by atoms with Crippen molar-refractivity contribution in [2.24, 2.45) is 11.7 Å². The predicted octanol–water partition coefficient (Wildman–Crippen LogP) is 2.01. The molecule has 2 rings (SSSR count). The molecule has 92 valence electrons. The molecular formula is C12H14BrFN2O. The van der Waals surface area contributed by atoms with Gasteiger partial charge in [0.05, 0.1) is 0 Å². The summed E-state index contributed by atoms with van der Waals surface area (Å²) in [6.07, 6.45) is 0. The number of halogens is 2. The molecule has 1 aliphatic heterocycles. The van der Waals surface area contributed by atoms with Gasteiger partial charge >= 0.3 is 0 Å². The van der Waals surface area contributed by atoms with Crippen molar-refractivity contribution in [2.75, 3.05) is 13.1 Å². The molecule has 0 spiro atoms. The van der Waals surface area contributed by atoms with Crippen LogP contribution in [0, 0.1) is 11.7 Å². The molecule has 5 heteroatoms. The Morgan fingerprint density at radius 3 is 2.71 bits per heavy atom. The number of likely N-dealkylation sites (tertiary alicyclic amines) is 1. The van der Waals surface area contributed by atoms with Crippen molar-refractivity contribution in [1.29, 1.82) is 0 Å². The molecule has 2 unspecified atom stereocenters. The van der Waals surface area contributed by atoms with Gasteiger partial charge in [0.1, 0.15) is 5.82 Å². The van der Waals surface area contributed by atoms with Crippen molar-refractivity contribution in [3.8, 4) is 0 Å². The number of carbonyl (C=O) groups is 1. The van der Waals surface area contributed by atoms with Gasteiger partial charge in [-0.25, -0.2) is 4.39 Å². The van der Waals surface area contributed by atoms with Gasteiger partial charge in [-0.05, 0) is 24.1 Å². The summed E-state index contributed by atoms with van der Waals surface area (Å²) in [6, 6.07) is 4.22. The first kappa shape index (κ1) is 12.5. The molecule has 0 radical (unpaired) electrons. The summed E-state index contributed by atoms with van der Waals surface area (Å²) in [7, 11) is 0. The number of carbonyl (C=O) groups excluding carboxylic acids is 1. The third kappa shape index (κ3) is 2.66. The Labute approximate surface area is 108 Å². The molecule has 1 aliphatic rings. The highest BCUT2D eigenvalue weighted by atomic mass is 79.9. The average Bonchev–Trinajstić information content (AvgIpc) is 2.57. The van der Waals surface area contributed by atoms with Gasteiger partial charge in [0.25, 0.3) is 5.91 Å². The van der Waals surface area contributed by atoms with Crippen LogP contribution >= 0.6 is 15.9 Å². The summed E-state index contributed by atoms with van der Waals surface area (Å²) in [5, 5.41) is 0. The number of hydrogen-bond donors (Lipinski definition) is 1. The van der Waals surface area contributed by atoms with E-state index in [1.165, 1.54) is 12.1 Å². The molecule has 0 saturated carbocycles. The van der Waals surface area contributed by atoms with Crippen LogP contribution in [0.1, 0.15) is 17.3 Å². The van der Waals surface area contributed by atoms with Gasteiger partial charge in [0.15, 0.2) is 0 Å². The fraction of sp³-hybridized carbons (Fsp3) is 0.417.